The minimum atomic E-state index is -4.62. The summed E-state index contributed by atoms with van der Waals surface area (Å²) in [7, 11) is 0. The average Bonchev–Trinajstić information content (AvgIpc) is 1.85. The molecule has 1 rings (SSSR count). The lowest BCUT2D eigenvalue weighted by molar-refractivity contribution is -0.274. The van der Waals surface area contributed by atoms with E-state index < -0.39 is 6.36 Å². The second-order valence-corrected chi connectivity index (χ2v) is 1.79. The summed E-state index contributed by atoms with van der Waals surface area (Å²) in [4.78, 5) is 0. The fourth-order valence-electron chi connectivity index (χ4n) is 0.574. The summed E-state index contributed by atoms with van der Waals surface area (Å²) in [5, 5.41) is 0. The van der Waals surface area contributed by atoms with E-state index in [2.05, 4.69) is 10.8 Å². The Kier molecular flexibility index (Phi) is 2.03. The zero-order valence-corrected chi connectivity index (χ0v) is 5.35. The number of hydrogen-bond acceptors (Lipinski definition) is 1. The molecule has 0 aliphatic heterocycles. The Bertz CT molecular complexity index is 217. The summed E-state index contributed by atoms with van der Waals surface area (Å²) in [5.41, 5.74) is 0. The zero-order chi connectivity index (χ0) is 8.32. The van der Waals surface area contributed by atoms with Crippen molar-refractivity contribution in [3.05, 3.63) is 30.3 Å². The van der Waals surface area contributed by atoms with E-state index in [-0.39, 0.29) is 5.75 Å². The molecule has 4 heteroatoms. The molecule has 1 aromatic carbocycles. The van der Waals surface area contributed by atoms with Gasteiger partial charge < -0.3 is 4.74 Å². The third-order valence-corrected chi connectivity index (χ3v) is 0.912. The molecule has 1 radical (unpaired) electrons. The minimum absolute atomic E-state index is 0.250. The van der Waals surface area contributed by atoms with Crippen molar-refractivity contribution in [3.63, 3.8) is 0 Å². The molecule has 0 aliphatic rings. The summed E-state index contributed by atoms with van der Waals surface area (Å²) >= 11 is 0. The number of rotatable bonds is 1. The zero-order valence-electron chi connectivity index (χ0n) is 5.35. The van der Waals surface area contributed by atoms with Crippen LogP contribution in [0.5, 0.6) is 5.75 Å². The maximum absolute atomic E-state index is 11.5. The van der Waals surface area contributed by atoms with E-state index in [9.17, 15) is 13.2 Å². The van der Waals surface area contributed by atoms with E-state index in [0.717, 1.165) is 6.07 Å². The van der Waals surface area contributed by atoms with E-state index in [1.807, 2.05) is 0 Å². The molecule has 0 amide bonds. The van der Waals surface area contributed by atoms with E-state index in [1.165, 1.54) is 18.2 Å². The van der Waals surface area contributed by atoms with Crippen molar-refractivity contribution in [1.82, 2.24) is 0 Å². The lowest BCUT2D eigenvalue weighted by atomic mass is 10.3. The first kappa shape index (κ1) is 7.91. The van der Waals surface area contributed by atoms with E-state index >= 15 is 0 Å². The topological polar surface area (TPSA) is 9.23 Å². The van der Waals surface area contributed by atoms with Crippen molar-refractivity contribution in [2.75, 3.05) is 0 Å². The quantitative estimate of drug-likeness (QED) is 0.614. The molecule has 1 aromatic rings. The molecular weight excluding hydrogens is 157 g/mol. The van der Waals surface area contributed by atoms with E-state index in [1.54, 1.807) is 0 Å². The predicted molar refractivity (Wildman–Crippen MR) is 32.0 cm³/mol. The van der Waals surface area contributed by atoms with Crippen LogP contribution < -0.4 is 4.74 Å². The summed E-state index contributed by atoms with van der Waals surface area (Å²) in [6, 6.07) is 7.70. The van der Waals surface area contributed by atoms with Crippen LogP contribution in [-0.2, 0) is 0 Å². The molecule has 11 heavy (non-hydrogen) atoms. The van der Waals surface area contributed by atoms with Crippen molar-refractivity contribution < 1.29 is 17.9 Å². The van der Waals surface area contributed by atoms with Gasteiger partial charge in [-0.3, -0.25) is 0 Å². The Labute approximate surface area is 61.4 Å². The second-order valence-electron chi connectivity index (χ2n) is 1.79. The Morgan fingerprint density at radius 2 is 2.09 bits per heavy atom. The molecule has 0 saturated carbocycles. The van der Waals surface area contributed by atoms with Gasteiger partial charge in [-0.25, -0.2) is 0 Å². The van der Waals surface area contributed by atoms with Crippen LogP contribution in [0.15, 0.2) is 24.3 Å². The molecular formula is C7H4F3O. The van der Waals surface area contributed by atoms with Crippen LogP contribution in [0.3, 0.4) is 0 Å². The van der Waals surface area contributed by atoms with E-state index in [4.69, 9.17) is 0 Å². The first-order valence-electron chi connectivity index (χ1n) is 2.80. The molecule has 0 atom stereocenters. The Hall–Kier alpha value is -1.19. The minimum Gasteiger partial charge on any atom is -0.406 e. The molecule has 0 aliphatic carbocycles. The molecule has 59 valence electrons. The third kappa shape index (κ3) is 2.93. The van der Waals surface area contributed by atoms with E-state index in [0.29, 0.717) is 0 Å². The number of alkyl halides is 3. The van der Waals surface area contributed by atoms with Gasteiger partial charge in [-0.1, -0.05) is 12.1 Å². The van der Waals surface area contributed by atoms with Crippen molar-refractivity contribution in [2.24, 2.45) is 0 Å². The van der Waals surface area contributed by atoms with Gasteiger partial charge in [0.25, 0.3) is 0 Å². The standard InChI is InChI=1S/C7H4F3O/c8-7(9,10)11-6-4-2-1-3-5-6/h1-2,4-5H. The van der Waals surface area contributed by atoms with Gasteiger partial charge >= 0.3 is 6.36 Å². The van der Waals surface area contributed by atoms with Gasteiger partial charge in [0.05, 0.1) is 0 Å². The molecule has 0 unspecified atom stereocenters. The molecule has 0 fully saturated rings. The van der Waals surface area contributed by atoms with Gasteiger partial charge in [0, 0.05) is 0 Å². The van der Waals surface area contributed by atoms with Gasteiger partial charge in [-0.15, -0.1) is 13.2 Å². The largest absolute Gasteiger partial charge is 0.573 e. The Balaban J connectivity index is 2.66. The molecule has 0 saturated heterocycles. The fraction of sp³-hybridized carbons (Fsp3) is 0.143. The Morgan fingerprint density at radius 1 is 1.36 bits per heavy atom. The first-order chi connectivity index (χ1) is 5.08. The maximum Gasteiger partial charge on any atom is 0.573 e. The highest BCUT2D eigenvalue weighted by atomic mass is 19.4. The number of benzene rings is 1. The molecule has 0 spiro atoms. The number of halogens is 3. The van der Waals surface area contributed by atoms with Crippen molar-refractivity contribution in [3.8, 4) is 5.75 Å². The highest BCUT2D eigenvalue weighted by molar-refractivity contribution is 5.20. The molecule has 0 N–H and O–H groups in total. The van der Waals surface area contributed by atoms with Crippen molar-refractivity contribution in [2.45, 2.75) is 6.36 Å². The van der Waals surface area contributed by atoms with Crippen molar-refractivity contribution >= 4 is 0 Å². The fourth-order valence-corrected chi connectivity index (χ4v) is 0.574. The summed E-state index contributed by atoms with van der Waals surface area (Å²) in [5.74, 6) is -0.250. The molecule has 0 heterocycles. The van der Waals surface area contributed by atoms with Gasteiger partial charge in [-0.2, -0.15) is 0 Å². The normalized spacial score (nSPS) is 11.2. The van der Waals surface area contributed by atoms with Crippen LogP contribution >= 0.6 is 0 Å². The number of ether oxygens (including phenoxy) is 1. The molecule has 1 nitrogen and oxygen atoms in total. The first-order valence-corrected chi connectivity index (χ1v) is 2.80. The lowest BCUT2D eigenvalue weighted by Gasteiger charge is -2.07. The highest BCUT2D eigenvalue weighted by Crippen LogP contribution is 2.21. The summed E-state index contributed by atoms with van der Waals surface area (Å²) < 4.78 is 38.1. The van der Waals surface area contributed by atoms with Crippen LogP contribution in [0.25, 0.3) is 0 Å². The van der Waals surface area contributed by atoms with Gasteiger partial charge in [0.15, 0.2) is 0 Å². The second kappa shape index (κ2) is 2.82. The van der Waals surface area contributed by atoms with Gasteiger partial charge in [-0.05, 0) is 18.2 Å². The van der Waals surface area contributed by atoms with Crippen LogP contribution in [-0.4, -0.2) is 6.36 Å². The smallest absolute Gasteiger partial charge is 0.406 e. The molecule has 0 bridgehead atoms. The SMILES string of the molecule is FC(F)(F)Oc1c[c]ccc1. The van der Waals surface area contributed by atoms with Crippen LogP contribution in [0.1, 0.15) is 0 Å². The number of hydrogen-bond donors (Lipinski definition) is 0. The highest BCUT2D eigenvalue weighted by Gasteiger charge is 2.30. The predicted octanol–water partition coefficient (Wildman–Crippen LogP) is 2.39. The maximum atomic E-state index is 11.5. The third-order valence-electron chi connectivity index (χ3n) is 0.912. The van der Waals surface area contributed by atoms with Gasteiger partial charge in [0.1, 0.15) is 5.75 Å². The molecule has 0 aromatic heterocycles. The summed E-state index contributed by atoms with van der Waals surface area (Å²) in [6.45, 7) is 0. The average molecular weight is 161 g/mol. The lowest BCUT2D eigenvalue weighted by Crippen LogP contribution is -2.16. The Morgan fingerprint density at radius 3 is 2.55 bits per heavy atom. The monoisotopic (exact) mass is 161 g/mol. The van der Waals surface area contributed by atoms with Gasteiger partial charge in [0.2, 0.25) is 0 Å². The van der Waals surface area contributed by atoms with Crippen LogP contribution in [0.2, 0.25) is 0 Å². The summed E-state index contributed by atoms with van der Waals surface area (Å²) in [6.07, 6.45) is -4.62. The van der Waals surface area contributed by atoms with Crippen LogP contribution in [0, 0.1) is 6.07 Å². The van der Waals surface area contributed by atoms with Crippen LogP contribution in [0.4, 0.5) is 13.2 Å². The van der Waals surface area contributed by atoms with Crippen molar-refractivity contribution in [1.29, 1.82) is 0 Å².